The zero-order valence-electron chi connectivity index (χ0n) is 8.86. The van der Waals surface area contributed by atoms with Gasteiger partial charge in [-0.2, -0.15) is 0 Å². The van der Waals surface area contributed by atoms with E-state index < -0.39 is 0 Å². The van der Waals surface area contributed by atoms with Gasteiger partial charge in [0.05, 0.1) is 6.17 Å². The third kappa shape index (κ3) is 3.47. The van der Waals surface area contributed by atoms with Crippen LogP contribution in [0.15, 0.2) is 12.4 Å². The van der Waals surface area contributed by atoms with Gasteiger partial charge >= 0.3 is 0 Å². The van der Waals surface area contributed by atoms with Crippen molar-refractivity contribution in [1.82, 2.24) is 9.80 Å². The molecule has 1 rings (SSSR count). The summed E-state index contributed by atoms with van der Waals surface area (Å²) in [6.07, 6.45) is 8.88. The minimum Gasteiger partial charge on any atom is -0.359 e. The first-order valence-corrected chi connectivity index (χ1v) is 4.91. The molecule has 1 heterocycles. The van der Waals surface area contributed by atoms with E-state index >= 15 is 0 Å². The molecule has 0 bridgehead atoms. The van der Waals surface area contributed by atoms with Crippen LogP contribution in [0.2, 0.25) is 0 Å². The predicted molar refractivity (Wildman–Crippen MR) is 59.8 cm³/mol. The van der Waals surface area contributed by atoms with Crippen LogP contribution in [-0.4, -0.2) is 29.6 Å². The van der Waals surface area contributed by atoms with Crippen molar-refractivity contribution >= 4 is 12.4 Å². The summed E-state index contributed by atoms with van der Waals surface area (Å²) < 4.78 is 0. The van der Waals surface area contributed by atoms with E-state index in [1.54, 1.807) is 0 Å². The Morgan fingerprint density at radius 1 is 1.23 bits per heavy atom. The smallest absolute Gasteiger partial charge is 0.0974 e. The molecule has 0 aromatic carbocycles. The summed E-state index contributed by atoms with van der Waals surface area (Å²) in [7, 11) is 2.13. The first kappa shape index (κ1) is 12.6. The summed E-state index contributed by atoms with van der Waals surface area (Å²) in [6.45, 7) is 5.69. The molecule has 0 aliphatic carbocycles. The Morgan fingerprint density at radius 2 is 1.92 bits per heavy atom. The number of rotatable bonds is 4. The average Bonchev–Trinajstić information content (AvgIpc) is 2.36. The van der Waals surface area contributed by atoms with Gasteiger partial charge in [-0.05, 0) is 13.3 Å². The van der Waals surface area contributed by atoms with Crippen LogP contribution < -0.4 is 0 Å². The highest BCUT2D eigenvalue weighted by molar-refractivity contribution is 5.85. The van der Waals surface area contributed by atoms with Crippen LogP contribution in [0.1, 0.15) is 33.1 Å². The Hall–Kier alpha value is -0.370. The Labute approximate surface area is 88.0 Å². The summed E-state index contributed by atoms with van der Waals surface area (Å²) in [5.41, 5.74) is 0. The fourth-order valence-electron chi connectivity index (χ4n) is 1.48. The second kappa shape index (κ2) is 6.14. The summed E-state index contributed by atoms with van der Waals surface area (Å²) in [6, 6.07) is 0. The van der Waals surface area contributed by atoms with Gasteiger partial charge in [0.2, 0.25) is 0 Å². The molecule has 3 heteroatoms. The van der Waals surface area contributed by atoms with Gasteiger partial charge in [0.25, 0.3) is 0 Å². The van der Waals surface area contributed by atoms with Crippen molar-refractivity contribution in [3.8, 4) is 0 Å². The highest BCUT2D eigenvalue weighted by Gasteiger charge is 2.16. The zero-order valence-corrected chi connectivity index (χ0v) is 9.68. The Bertz CT molecular complexity index is 159. The lowest BCUT2D eigenvalue weighted by Crippen LogP contribution is -2.34. The monoisotopic (exact) mass is 204 g/mol. The molecule has 0 fully saturated rings. The van der Waals surface area contributed by atoms with E-state index in [0.29, 0.717) is 6.17 Å². The van der Waals surface area contributed by atoms with Crippen molar-refractivity contribution in [3.05, 3.63) is 12.4 Å². The molecule has 0 radical (unpaired) electrons. The molecule has 0 aromatic heterocycles. The minimum atomic E-state index is 0. The van der Waals surface area contributed by atoms with Crippen molar-refractivity contribution < 1.29 is 0 Å². The molecule has 78 valence electrons. The summed E-state index contributed by atoms with van der Waals surface area (Å²) in [5.74, 6) is 0. The van der Waals surface area contributed by atoms with E-state index in [2.05, 4.69) is 43.1 Å². The van der Waals surface area contributed by atoms with Crippen LogP contribution in [-0.2, 0) is 0 Å². The van der Waals surface area contributed by atoms with Crippen molar-refractivity contribution in [2.24, 2.45) is 0 Å². The molecular formula is C10H21ClN2. The van der Waals surface area contributed by atoms with E-state index in [0.717, 1.165) is 0 Å². The highest BCUT2D eigenvalue weighted by atomic mass is 35.5. The van der Waals surface area contributed by atoms with E-state index in [-0.39, 0.29) is 12.4 Å². The molecular weight excluding hydrogens is 184 g/mol. The fourth-order valence-corrected chi connectivity index (χ4v) is 1.48. The van der Waals surface area contributed by atoms with Crippen molar-refractivity contribution in [3.63, 3.8) is 0 Å². The van der Waals surface area contributed by atoms with Gasteiger partial charge in [-0.25, -0.2) is 0 Å². The number of unbranched alkanes of at least 4 members (excludes halogenated alkanes) is 2. The van der Waals surface area contributed by atoms with Crippen LogP contribution in [0.5, 0.6) is 0 Å². The van der Waals surface area contributed by atoms with Gasteiger partial charge in [0.1, 0.15) is 0 Å². The van der Waals surface area contributed by atoms with Crippen LogP contribution in [0.25, 0.3) is 0 Å². The molecule has 0 N–H and O–H groups in total. The van der Waals surface area contributed by atoms with Crippen LogP contribution >= 0.6 is 12.4 Å². The van der Waals surface area contributed by atoms with Gasteiger partial charge < -0.3 is 9.80 Å². The normalized spacial score (nSPS) is 20.7. The lowest BCUT2D eigenvalue weighted by Gasteiger charge is -2.26. The van der Waals surface area contributed by atoms with Crippen LogP contribution in [0.3, 0.4) is 0 Å². The van der Waals surface area contributed by atoms with Crippen LogP contribution in [0.4, 0.5) is 0 Å². The largest absolute Gasteiger partial charge is 0.359 e. The molecule has 1 aliphatic heterocycles. The maximum absolute atomic E-state index is 2.40. The van der Waals surface area contributed by atoms with Crippen molar-refractivity contribution in [1.29, 1.82) is 0 Å². The summed E-state index contributed by atoms with van der Waals surface area (Å²) >= 11 is 0. The third-order valence-electron chi connectivity index (χ3n) is 2.58. The number of halogens is 1. The predicted octanol–water partition coefficient (Wildman–Crippen LogP) is 2.66. The Morgan fingerprint density at radius 3 is 2.38 bits per heavy atom. The second-order valence-corrected chi connectivity index (χ2v) is 3.54. The summed E-state index contributed by atoms with van der Waals surface area (Å²) in [5, 5.41) is 0. The van der Waals surface area contributed by atoms with E-state index in [1.807, 2.05) is 0 Å². The molecule has 1 unspecified atom stereocenters. The van der Waals surface area contributed by atoms with Crippen molar-refractivity contribution in [2.75, 3.05) is 13.6 Å². The standard InChI is InChI=1S/C10H20N2.ClH/c1-4-5-6-7-12-9-8-11(3)10(12)2;/h8-10H,4-7H2,1-3H3;1H. The van der Waals surface area contributed by atoms with Gasteiger partial charge in [-0.1, -0.05) is 19.8 Å². The molecule has 1 aliphatic rings. The maximum atomic E-state index is 2.40. The molecule has 2 nitrogen and oxygen atoms in total. The second-order valence-electron chi connectivity index (χ2n) is 3.54. The molecule has 1 atom stereocenters. The number of hydrogen-bond acceptors (Lipinski definition) is 2. The lowest BCUT2D eigenvalue weighted by atomic mass is 10.2. The molecule has 0 saturated heterocycles. The SMILES string of the molecule is CCCCCN1C=CN(C)C1C.Cl. The van der Waals surface area contributed by atoms with E-state index in [1.165, 1.54) is 25.8 Å². The number of nitrogens with zero attached hydrogens (tertiary/aromatic N) is 2. The van der Waals surface area contributed by atoms with Gasteiger partial charge in [0, 0.05) is 26.0 Å². The quantitative estimate of drug-likeness (QED) is 0.650. The maximum Gasteiger partial charge on any atom is 0.0974 e. The lowest BCUT2D eigenvalue weighted by molar-refractivity contribution is 0.192. The fraction of sp³-hybridized carbons (Fsp3) is 0.800. The first-order valence-electron chi connectivity index (χ1n) is 4.91. The number of hydrogen-bond donors (Lipinski definition) is 0. The van der Waals surface area contributed by atoms with Crippen LogP contribution in [0, 0.1) is 0 Å². The van der Waals surface area contributed by atoms with Crippen molar-refractivity contribution in [2.45, 2.75) is 39.3 Å². The molecule has 0 saturated carbocycles. The molecule has 0 aromatic rings. The summed E-state index contributed by atoms with van der Waals surface area (Å²) in [4.78, 5) is 4.64. The highest BCUT2D eigenvalue weighted by Crippen LogP contribution is 2.13. The average molecular weight is 205 g/mol. The van der Waals surface area contributed by atoms with E-state index in [4.69, 9.17) is 0 Å². The van der Waals surface area contributed by atoms with E-state index in [9.17, 15) is 0 Å². The molecule has 0 spiro atoms. The topological polar surface area (TPSA) is 6.48 Å². The first-order chi connectivity index (χ1) is 5.75. The van der Waals surface area contributed by atoms with Gasteiger partial charge in [0.15, 0.2) is 0 Å². The molecule has 0 amide bonds. The zero-order chi connectivity index (χ0) is 8.97. The van der Waals surface area contributed by atoms with Gasteiger partial charge in [-0.15, -0.1) is 12.4 Å². The minimum absolute atomic E-state index is 0. The Balaban J connectivity index is 0.00000144. The molecule has 13 heavy (non-hydrogen) atoms. The Kier molecular flexibility index (Phi) is 5.97. The van der Waals surface area contributed by atoms with Gasteiger partial charge in [-0.3, -0.25) is 0 Å². The third-order valence-corrected chi connectivity index (χ3v) is 2.58.